The summed E-state index contributed by atoms with van der Waals surface area (Å²) in [5.41, 5.74) is 0. The SMILES string of the molecule is O=S(=O)(O)c1cc2ccccc2c(O)c1O. The van der Waals surface area contributed by atoms with E-state index in [2.05, 4.69) is 0 Å². The lowest BCUT2D eigenvalue weighted by atomic mass is 10.1. The zero-order chi connectivity index (χ0) is 11.9. The molecule has 0 aliphatic heterocycles. The molecule has 0 aliphatic rings. The third kappa shape index (κ3) is 1.58. The van der Waals surface area contributed by atoms with E-state index in [1.54, 1.807) is 18.2 Å². The van der Waals surface area contributed by atoms with Crippen LogP contribution in [0.25, 0.3) is 10.8 Å². The predicted molar refractivity (Wildman–Crippen MR) is 57.1 cm³/mol. The molecule has 16 heavy (non-hydrogen) atoms. The van der Waals surface area contributed by atoms with Crippen LogP contribution in [0.5, 0.6) is 11.5 Å². The fourth-order valence-corrected chi connectivity index (χ4v) is 2.11. The summed E-state index contributed by atoms with van der Waals surface area (Å²) in [7, 11) is -4.56. The molecule has 0 unspecified atom stereocenters. The zero-order valence-electron chi connectivity index (χ0n) is 7.95. The van der Waals surface area contributed by atoms with Crippen LogP contribution in [0, 0.1) is 0 Å². The fraction of sp³-hybridized carbons (Fsp3) is 0. The van der Waals surface area contributed by atoms with E-state index in [1.807, 2.05) is 0 Å². The highest BCUT2D eigenvalue weighted by Crippen LogP contribution is 2.38. The van der Waals surface area contributed by atoms with Crippen molar-refractivity contribution in [1.29, 1.82) is 0 Å². The number of benzene rings is 2. The molecule has 2 aromatic rings. The monoisotopic (exact) mass is 240 g/mol. The van der Waals surface area contributed by atoms with Crippen LogP contribution in [0.2, 0.25) is 0 Å². The van der Waals surface area contributed by atoms with E-state index in [1.165, 1.54) is 6.07 Å². The van der Waals surface area contributed by atoms with Gasteiger partial charge in [0.25, 0.3) is 10.1 Å². The van der Waals surface area contributed by atoms with Gasteiger partial charge in [-0.2, -0.15) is 8.42 Å². The molecule has 6 heteroatoms. The van der Waals surface area contributed by atoms with Crippen molar-refractivity contribution in [1.82, 2.24) is 0 Å². The van der Waals surface area contributed by atoms with Gasteiger partial charge in [-0.05, 0) is 11.5 Å². The number of phenolic OH excluding ortho intramolecular Hbond substituents is 2. The molecule has 0 fully saturated rings. The highest BCUT2D eigenvalue weighted by Gasteiger charge is 2.20. The van der Waals surface area contributed by atoms with E-state index in [4.69, 9.17) is 4.55 Å². The number of hydrogen-bond donors (Lipinski definition) is 3. The Morgan fingerprint density at radius 3 is 2.25 bits per heavy atom. The lowest BCUT2D eigenvalue weighted by Gasteiger charge is -2.07. The maximum absolute atomic E-state index is 10.9. The van der Waals surface area contributed by atoms with Gasteiger partial charge in [-0.1, -0.05) is 24.3 Å². The number of rotatable bonds is 1. The van der Waals surface area contributed by atoms with E-state index in [0.717, 1.165) is 6.07 Å². The minimum atomic E-state index is -4.56. The standard InChI is InChI=1S/C10H8O5S/c11-9-7-4-2-1-3-6(7)5-8(10(9)12)16(13,14)15/h1-5,11-12H,(H,13,14,15). The molecule has 5 nitrogen and oxygen atoms in total. The van der Waals surface area contributed by atoms with Crippen LogP contribution < -0.4 is 0 Å². The first-order valence-corrected chi connectivity index (χ1v) is 5.76. The number of hydrogen-bond acceptors (Lipinski definition) is 4. The van der Waals surface area contributed by atoms with Crippen molar-refractivity contribution < 1.29 is 23.2 Å². The highest BCUT2D eigenvalue weighted by molar-refractivity contribution is 7.86. The maximum atomic E-state index is 10.9. The summed E-state index contributed by atoms with van der Waals surface area (Å²) >= 11 is 0. The summed E-state index contributed by atoms with van der Waals surface area (Å²) < 4.78 is 30.7. The van der Waals surface area contributed by atoms with Gasteiger partial charge in [0.15, 0.2) is 11.5 Å². The maximum Gasteiger partial charge on any atom is 0.298 e. The molecule has 0 spiro atoms. The largest absolute Gasteiger partial charge is 0.504 e. The van der Waals surface area contributed by atoms with E-state index < -0.39 is 26.5 Å². The molecule has 0 aliphatic carbocycles. The van der Waals surface area contributed by atoms with E-state index in [9.17, 15) is 18.6 Å². The van der Waals surface area contributed by atoms with Crippen LogP contribution in [0.4, 0.5) is 0 Å². The second-order valence-electron chi connectivity index (χ2n) is 3.27. The van der Waals surface area contributed by atoms with Crippen LogP contribution >= 0.6 is 0 Å². The Kier molecular flexibility index (Phi) is 2.25. The fourth-order valence-electron chi connectivity index (χ4n) is 1.49. The lowest BCUT2D eigenvalue weighted by molar-refractivity contribution is 0.393. The second-order valence-corrected chi connectivity index (χ2v) is 4.66. The molecule has 2 aromatic carbocycles. The Morgan fingerprint density at radius 2 is 1.62 bits per heavy atom. The molecule has 0 amide bonds. The molecular formula is C10H8O5S. The van der Waals surface area contributed by atoms with Crippen LogP contribution in [-0.4, -0.2) is 23.2 Å². The third-order valence-corrected chi connectivity index (χ3v) is 3.11. The van der Waals surface area contributed by atoms with Crippen molar-refractivity contribution in [2.75, 3.05) is 0 Å². The summed E-state index contributed by atoms with van der Waals surface area (Å²) in [5, 5.41) is 19.7. The quantitative estimate of drug-likeness (QED) is 0.518. The Hall–Kier alpha value is -1.79. The minimum Gasteiger partial charge on any atom is -0.504 e. The lowest BCUT2D eigenvalue weighted by Crippen LogP contribution is -1.98. The molecule has 2 rings (SSSR count). The van der Waals surface area contributed by atoms with E-state index in [0.29, 0.717) is 10.8 Å². The van der Waals surface area contributed by atoms with Crippen LogP contribution in [0.1, 0.15) is 0 Å². The van der Waals surface area contributed by atoms with Crippen molar-refractivity contribution in [3.05, 3.63) is 30.3 Å². The van der Waals surface area contributed by atoms with E-state index >= 15 is 0 Å². The van der Waals surface area contributed by atoms with Gasteiger partial charge in [0.05, 0.1) is 0 Å². The van der Waals surface area contributed by atoms with Gasteiger partial charge in [0, 0.05) is 5.39 Å². The average Bonchev–Trinajstić information content (AvgIpc) is 2.22. The first kappa shape index (κ1) is 10.7. The van der Waals surface area contributed by atoms with Gasteiger partial charge in [-0.15, -0.1) is 0 Å². The van der Waals surface area contributed by atoms with Crippen molar-refractivity contribution >= 4 is 20.9 Å². The normalized spacial score (nSPS) is 11.8. The van der Waals surface area contributed by atoms with Gasteiger partial charge in [-0.3, -0.25) is 4.55 Å². The highest BCUT2D eigenvalue weighted by atomic mass is 32.2. The summed E-state index contributed by atoms with van der Waals surface area (Å²) in [6, 6.07) is 7.46. The van der Waals surface area contributed by atoms with Crippen molar-refractivity contribution in [3.8, 4) is 11.5 Å². The molecule has 3 N–H and O–H groups in total. The molecule has 0 bridgehead atoms. The molecule has 0 aromatic heterocycles. The summed E-state index contributed by atoms with van der Waals surface area (Å²) in [4.78, 5) is -0.705. The first-order chi connectivity index (χ1) is 7.41. The van der Waals surface area contributed by atoms with Gasteiger partial charge < -0.3 is 10.2 Å². The molecule has 0 radical (unpaired) electrons. The first-order valence-electron chi connectivity index (χ1n) is 4.32. The smallest absolute Gasteiger partial charge is 0.298 e. The summed E-state index contributed by atoms with van der Waals surface area (Å²) in [6.45, 7) is 0. The van der Waals surface area contributed by atoms with Gasteiger partial charge in [0.2, 0.25) is 0 Å². The van der Waals surface area contributed by atoms with Crippen molar-refractivity contribution in [3.63, 3.8) is 0 Å². The number of fused-ring (bicyclic) bond motifs is 1. The topological polar surface area (TPSA) is 94.8 Å². The Labute approximate surface area is 91.3 Å². The van der Waals surface area contributed by atoms with Gasteiger partial charge in [-0.25, -0.2) is 0 Å². The van der Waals surface area contributed by atoms with Crippen LogP contribution in [0.15, 0.2) is 35.2 Å². The van der Waals surface area contributed by atoms with Gasteiger partial charge in [0.1, 0.15) is 4.90 Å². The van der Waals surface area contributed by atoms with Crippen LogP contribution in [0.3, 0.4) is 0 Å². The Morgan fingerprint density at radius 1 is 1.00 bits per heavy atom. The summed E-state index contributed by atoms with van der Waals surface area (Å²) in [6.07, 6.45) is 0. The number of phenols is 2. The van der Waals surface area contributed by atoms with Gasteiger partial charge >= 0.3 is 0 Å². The summed E-state index contributed by atoms with van der Waals surface area (Å²) in [5.74, 6) is -1.41. The molecule has 0 saturated heterocycles. The average molecular weight is 240 g/mol. The van der Waals surface area contributed by atoms with Crippen molar-refractivity contribution in [2.45, 2.75) is 4.90 Å². The molecule has 0 saturated carbocycles. The third-order valence-electron chi connectivity index (χ3n) is 2.24. The second kappa shape index (κ2) is 3.36. The minimum absolute atomic E-state index is 0.312. The Balaban J connectivity index is 2.95. The molecular weight excluding hydrogens is 232 g/mol. The van der Waals surface area contributed by atoms with Crippen LogP contribution in [-0.2, 0) is 10.1 Å². The predicted octanol–water partition coefficient (Wildman–Crippen LogP) is 1.50. The molecule has 0 heterocycles. The van der Waals surface area contributed by atoms with E-state index in [-0.39, 0.29) is 0 Å². The molecule has 84 valence electrons. The Bertz CT molecular complexity index is 660. The zero-order valence-corrected chi connectivity index (χ0v) is 8.77. The molecule has 0 atom stereocenters. The number of aromatic hydroxyl groups is 2. The van der Waals surface area contributed by atoms with Crippen molar-refractivity contribution in [2.24, 2.45) is 0 Å².